The Morgan fingerprint density at radius 2 is 1.54 bits per heavy atom. The van der Waals surface area contributed by atoms with Crippen molar-refractivity contribution >= 4 is 43.2 Å². The number of nitrogens with one attached hydrogen (secondary N) is 2. The van der Waals surface area contributed by atoms with E-state index in [0.717, 1.165) is 10.0 Å². The minimum Gasteiger partial charge on any atom is -0.326 e. The van der Waals surface area contributed by atoms with Crippen LogP contribution in [0.5, 0.6) is 0 Å². The molecule has 5 nitrogen and oxygen atoms in total. The Morgan fingerprint density at radius 3 is 2.29 bits per heavy atom. The zero-order valence-corrected chi connectivity index (χ0v) is 17.3. The molecule has 0 unspecified atom stereocenters. The van der Waals surface area contributed by atoms with Gasteiger partial charge in [-0.15, -0.1) is 0 Å². The molecule has 0 heterocycles. The van der Waals surface area contributed by atoms with Gasteiger partial charge in [0.25, 0.3) is 10.0 Å². The van der Waals surface area contributed by atoms with Crippen LogP contribution in [0.1, 0.15) is 12.0 Å². The Bertz CT molecular complexity index is 1070. The predicted octanol–water partition coefficient (Wildman–Crippen LogP) is 4.82. The summed E-state index contributed by atoms with van der Waals surface area (Å²) in [6, 6.07) is 22.5. The van der Waals surface area contributed by atoms with Crippen LogP contribution in [-0.2, 0) is 21.2 Å². The number of carbonyl (C=O) groups excluding carboxylic acids is 1. The first-order valence-corrected chi connectivity index (χ1v) is 10.9. The van der Waals surface area contributed by atoms with Gasteiger partial charge in [-0.2, -0.15) is 0 Å². The van der Waals surface area contributed by atoms with E-state index in [2.05, 4.69) is 26.0 Å². The molecule has 0 saturated carbocycles. The minimum absolute atomic E-state index is 0.140. The van der Waals surface area contributed by atoms with Crippen LogP contribution >= 0.6 is 15.9 Å². The second kappa shape index (κ2) is 9.03. The molecule has 7 heteroatoms. The van der Waals surface area contributed by atoms with Crippen molar-refractivity contribution < 1.29 is 13.2 Å². The number of carbonyl (C=O) groups is 1. The predicted molar refractivity (Wildman–Crippen MR) is 115 cm³/mol. The largest absolute Gasteiger partial charge is 0.326 e. The summed E-state index contributed by atoms with van der Waals surface area (Å²) >= 11 is 3.47. The smallest absolute Gasteiger partial charge is 0.261 e. The van der Waals surface area contributed by atoms with E-state index in [9.17, 15) is 13.2 Å². The molecule has 0 fully saturated rings. The summed E-state index contributed by atoms with van der Waals surface area (Å²) < 4.78 is 28.3. The molecular weight excluding hydrogens is 440 g/mol. The second-order valence-corrected chi connectivity index (χ2v) is 8.68. The zero-order valence-electron chi connectivity index (χ0n) is 14.9. The SMILES string of the molecule is O=C(CCc1ccccc1Br)Nc1cccc(NS(=O)(=O)c2ccccc2)c1. The van der Waals surface area contributed by atoms with E-state index < -0.39 is 10.0 Å². The maximum atomic E-state index is 12.4. The topological polar surface area (TPSA) is 75.3 Å². The first-order valence-electron chi connectivity index (χ1n) is 8.65. The van der Waals surface area contributed by atoms with Gasteiger partial charge in [-0.1, -0.05) is 58.4 Å². The molecule has 0 aliphatic rings. The van der Waals surface area contributed by atoms with Gasteiger partial charge in [0.15, 0.2) is 0 Å². The third-order valence-electron chi connectivity index (χ3n) is 4.03. The van der Waals surface area contributed by atoms with Crippen molar-refractivity contribution in [2.24, 2.45) is 0 Å². The number of amides is 1. The van der Waals surface area contributed by atoms with E-state index in [1.54, 1.807) is 42.5 Å². The molecule has 0 aliphatic heterocycles. The first kappa shape index (κ1) is 20.1. The van der Waals surface area contributed by atoms with Crippen LogP contribution in [0, 0.1) is 0 Å². The summed E-state index contributed by atoms with van der Waals surface area (Å²) in [6.45, 7) is 0. The van der Waals surface area contributed by atoms with Gasteiger partial charge in [-0.3, -0.25) is 9.52 Å². The molecule has 0 aliphatic carbocycles. The van der Waals surface area contributed by atoms with Gasteiger partial charge in [0.2, 0.25) is 5.91 Å². The highest BCUT2D eigenvalue weighted by Crippen LogP contribution is 2.21. The van der Waals surface area contributed by atoms with Crippen LogP contribution in [0.4, 0.5) is 11.4 Å². The fraction of sp³-hybridized carbons (Fsp3) is 0.0952. The second-order valence-electron chi connectivity index (χ2n) is 6.14. The minimum atomic E-state index is -3.68. The molecule has 144 valence electrons. The van der Waals surface area contributed by atoms with Crippen LogP contribution in [0.2, 0.25) is 0 Å². The van der Waals surface area contributed by atoms with E-state index in [0.29, 0.717) is 24.2 Å². The highest BCUT2D eigenvalue weighted by atomic mass is 79.9. The Hall–Kier alpha value is -2.64. The van der Waals surface area contributed by atoms with E-state index in [-0.39, 0.29) is 10.8 Å². The Morgan fingerprint density at radius 1 is 0.857 bits per heavy atom. The highest BCUT2D eigenvalue weighted by Gasteiger charge is 2.14. The number of aryl methyl sites for hydroxylation is 1. The van der Waals surface area contributed by atoms with Crippen molar-refractivity contribution in [1.29, 1.82) is 0 Å². The lowest BCUT2D eigenvalue weighted by molar-refractivity contribution is -0.116. The maximum Gasteiger partial charge on any atom is 0.261 e. The molecule has 0 atom stereocenters. The van der Waals surface area contributed by atoms with Gasteiger partial charge >= 0.3 is 0 Å². The lowest BCUT2D eigenvalue weighted by Crippen LogP contribution is -2.14. The lowest BCUT2D eigenvalue weighted by Gasteiger charge is -2.11. The summed E-state index contributed by atoms with van der Waals surface area (Å²) in [5.41, 5.74) is 1.97. The van der Waals surface area contributed by atoms with Gasteiger partial charge in [-0.05, 0) is 48.4 Å². The number of halogens is 1. The molecule has 0 bridgehead atoms. The average molecular weight is 459 g/mol. The van der Waals surface area contributed by atoms with Gasteiger partial charge < -0.3 is 5.32 Å². The van der Waals surface area contributed by atoms with E-state index in [4.69, 9.17) is 0 Å². The highest BCUT2D eigenvalue weighted by molar-refractivity contribution is 9.10. The van der Waals surface area contributed by atoms with Crippen molar-refractivity contribution in [2.75, 3.05) is 10.0 Å². The standard InChI is InChI=1S/C21H19BrN2O3S/c22-20-12-5-4-7-16(20)13-14-21(25)23-17-8-6-9-18(15-17)24-28(26,27)19-10-2-1-3-11-19/h1-12,15,24H,13-14H2,(H,23,25). The van der Waals surface area contributed by atoms with Crippen molar-refractivity contribution in [3.63, 3.8) is 0 Å². The monoisotopic (exact) mass is 458 g/mol. The van der Waals surface area contributed by atoms with Gasteiger partial charge in [0.05, 0.1) is 10.6 Å². The quantitative estimate of drug-likeness (QED) is 0.532. The summed E-state index contributed by atoms with van der Waals surface area (Å²) in [5, 5.41) is 2.81. The summed E-state index contributed by atoms with van der Waals surface area (Å²) in [5.74, 6) is -0.140. The van der Waals surface area contributed by atoms with Crippen LogP contribution in [0.15, 0.2) is 88.2 Å². The Kier molecular flexibility index (Phi) is 6.49. The van der Waals surface area contributed by atoms with Crippen LogP contribution in [0.3, 0.4) is 0 Å². The van der Waals surface area contributed by atoms with E-state index >= 15 is 0 Å². The fourth-order valence-corrected chi connectivity index (χ4v) is 4.20. The van der Waals surface area contributed by atoms with E-state index in [1.807, 2.05) is 24.3 Å². The molecule has 0 saturated heterocycles. The van der Waals surface area contributed by atoms with Crippen LogP contribution in [-0.4, -0.2) is 14.3 Å². The van der Waals surface area contributed by atoms with Crippen molar-refractivity contribution in [2.45, 2.75) is 17.7 Å². The summed E-state index contributed by atoms with van der Waals surface area (Å²) in [4.78, 5) is 12.4. The molecule has 0 spiro atoms. The third kappa shape index (κ3) is 5.43. The molecule has 0 aromatic heterocycles. The van der Waals surface area contributed by atoms with Gasteiger partial charge in [0.1, 0.15) is 0 Å². The number of hydrogen-bond donors (Lipinski definition) is 2. The van der Waals surface area contributed by atoms with Crippen molar-refractivity contribution in [3.8, 4) is 0 Å². The maximum absolute atomic E-state index is 12.4. The molecule has 1 amide bonds. The number of rotatable bonds is 7. The molecule has 28 heavy (non-hydrogen) atoms. The van der Waals surface area contributed by atoms with Crippen LogP contribution in [0.25, 0.3) is 0 Å². The fourth-order valence-electron chi connectivity index (χ4n) is 2.65. The summed E-state index contributed by atoms with van der Waals surface area (Å²) in [7, 11) is -3.68. The van der Waals surface area contributed by atoms with E-state index in [1.165, 1.54) is 12.1 Å². The van der Waals surface area contributed by atoms with Gasteiger partial charge in [0, 0.05) is 16.6 Å². The normalized spacial score (nSPS) is 11.0. The molecular formula is C21H19BrN2O3S. The van der Waals surface area contributed by atoms with Crippen molar-refractivity contribution in [3.05, 3.63) is 88.9 Å². The number of sulfonamides is 1. The third-order valence-corrected chi connectivity index (χ3v) is 6.20. The zero-order chi connectivity index (χ0) is 20.0. The first-order chi connectivity index (χ1) is 13.4. The molecule has 3 aromatic carbocycles. The van der Waals surface area contributed by atoms with Crippen LogP contribution < -0.4 is 10.0 Å². The Balaban J connectivity index is 1.63. The molecule has 3 aromatic rings. The average Bonchev–Trinajstić information content (AvgIpc) is 2.68. The number of hydrogen-bond acceptors (Lipinski definition) is 3. The van der Waals surface area contributed by atoms with Crippen molar-refractivity contribution in [1.82, 2.24) is 0 Å². The molecule has 3 rings (SSSR count). The number of benzene rings is 3. The molecule has 0 radical (unpaired) electrons. The molecule has 2 N–H and O–H groups in total. The lowest BCUT2D eigenvalue weighted by atomic mass is 10.1. The summed E-state index contributed by atoms with van der Waals surface area (Å²) in [6.07, 6.45) is 0.927. The number of anilines is 2. The van der Waals surface area contributed by atoms with Gasteiger partial charge in [-0.25, -0.2) is 8.42 Å². The Labute approximate surface area is 173 Å².